The molecule has 0 aliphatic rings. The lowest BCUT2D eigenvalue weighted by molar-refractivity contribution is -0.386. The number of nitrogens with zero attached hydrogens (tertiary/aromatic N) is 2. The largest absolute Gasteiger partial charge is 0.504 e. The van der Waals surface area contributed by atoms with Crippen molar-refractivity contribution < 1.29 is 29.0 Å². The second-order valence-corrected chi connectivity index (χ2v) is 5.27. The highest BCUT2D eigenvalue weighted by Gasteiger charge is 2.23. The van der Waals surface area contributed by atoms with Crippen molar-refractivity contribution in [2.45, 2.75) is 6.92 Å². The Morgan fingerprint density at radius 3 is 2.54 bits per heavy atom. The topological polar surface area (TPSA) is 133 Å². The third kappa shape index (κ3) is 5.10. The quantitative estimate of drug-likeness (QED) is 0.382. The van der Waals surface area contributed by atoms with Gasteiger partial charge < -0.3 is 19.3 Å². The van der Waals surface area contributed by atoms with E-state index in [0.717, 1.165) is 6.21 Å². The predicted octanol–water partition coefficient (Wildman–Crippen LogP) is 2.24. The van der Waals surface area contributed by atoms with E-state index in [0.29, 0.717) is 18.1 Å². The number of nitrogens with one attached hydrogen (secondary N) is 1. The van der Waals surface area contributed by atoms with E-state index >= 15 is 0 Å². The first-order valence-corrected chi connectivity index (χ1v) is 8.18. The number of benzene rings is 2. The summed E-state index contributed by atoms with van der Waals surface area (Å²) in [4.78, 5) is 22.4. The number of carbonyl (C=O) groups excluding carboxylic acids is 1. The van der Waals surface area contributed by atoms with Crippen LogP contribution in [0.25, 0.3) is 0 Å². The highest BCUT2D eigenvalue weighted by Crippen LogP contribution is 2.37. The average Bonchev–Trinajstić information content (AvgIpc) is 2.68. The lowest BCUT2D eigenvalue weighted by Gasteiger charge is -2.10. The number of amides is 1. The summed E-state index contributed by atoms with van der Waals surface area (Å²) in [5.74, 6) is -0.334. The van der Waals surface area contributed by atoms with Gasteiger partial charge in [0, 0.05) is 0 Å². The lowest BCUT2D eigenvalue weighted by Crippen LogP contribution is -2.24. The van der Waals surface area contributed by atoms with E-state index in [4.69, 9.17) is 14.2 Å². The molecule has 0 aliphatic heterocycles. The van der Waals surface area contributed by atoms with Crippen LogP contribution in [-0.2, 0) is 4.79 Å². The summed E-state index contributed by atoms with van der Waals surface area (Å²) in [5, 5.41) is 24.6. The molecule has 0 radical (unpaired) electrons. The molecule has 0 spiro atoms. The van der Waals surface area contributed by atoms with E-state index in [-0.39, 0.29) is 23.7 Å². The number of nitro groups is 1. The molecule has 0 fully saturated rings. The maximum Gasteiger partial charge on any atom is 0.323 e. The van der Waals surface area contributed by atoms with Gasteiger partial charge in [0.25, 0.3) is 5.91 Å². The fourth-order valence-corrected chi connectivity index (χ4v) is 2.26. The van der Waals surface area contributed by atoms with Crippen molar-refractivity contribution in [3.8, 4) is 23.0 Å². The zero-order valence-electron chi connectivity index (χ0n) is 15.2. The van der Waals surface area contributed by atoms with Crippen LogP contribution in [0.15, 0.2) is 41.5 Å². The minimum atomic E-state index is -0.713. The molecular formula is C18H19N3O7. The number of hydrogen-bond donors (Lipinski definition) is 2. The Morgan fingerprint density at radius 2 is 1.93 bits per heavy atom. The van der Waals surface area contributed by atoms with Crippen molar-refractivity contribution in [2.75, 3.05) is 20.3 Å². The molecule has 2 rings (SSSR count). The van der Waals surface area contributed by atoms with Crippen LogP contribution in [0.4, 0.5) is 5.69 Å². The fraction of sp³-hybridized carbons (Fsp3) is 0.222. The number of hydrogen-bond acceptors (Lipinski definition) is 8. The summed E-state index contributed by atoms with van der Waals surface area (Å²) in [6.07, 6.45) is 1.08. The van der Waals surface area contributed by atoms with E-state index in [1.165, 1.54) is 19.2 Å². The molecule has 0 saturated heterocycles. The highest BCUT2D eigenvalue weighted by molar-refractivity contribution is 5.89. The SMILES string of the molecule is CCOc1ccccc1OCC(=O)N/N=C/c1ccc(O)c(OC)c1[N+](=O)[O-]. The van der Waals surface area contributed by atoms with Crippen molar-refractivity contribution in [1.82, 2.24) is 5.43 Å². The van der Waals surface area contributed by atoms with Crippen LogP contribution < -0.4 is 19.6 Å². The summed E-state index contributed by atoms with van der Waals surface area (Å²) in [5.41, 5.74) is 1.78. The van der Waals surface area contributed by atoms with Gasteiger partial charge >= 0.3 is 5.69 Å². The third-order valence-corrected chi connectivity index (χ3v) is 3.43. The molecule has 0 saturated carbocycles. The molecule has 2 N–H and O–H groups in total. The summed E-state index contributed by atoms with van der Waals surface area (Å²) in [6, 6.07) is 9.40. The van der Waals surface area contributed by atoms with E-state index in [2.05, 4.69) is 10.5 Å². The summed E-state index contributed by atoms with van der Waals surface area (Å²) in [6.45, 7) is 1.95. The van der Waals surface area contributed by atoms with Gasteiger partial charge in [-0.05, 0) is 31.2 Å². The molecule has 0 unspecified atom stereocenters. The Hall–Kier alpha value is -3.82. The normalized spacial score (nSPS) is 10.5. The van der Waals surface area contributed by atoms with Gasteiger partial charge in [-0.3, -0.25) is 14.9 Å². The highest BCUT2D eigenvalue weighted by atomic mass is 16.6. The van der Waals surface area contributed by atoms with Crippen molar-refractivity contribution in [3.63, 3.8) is 0 Å². The number of phenols is 1. The molecule has 0 heterocycles. The molecule has 0 bridgehead atoms. The summed E-state index contributed by atoms with van der Waals surface area (Å²) >= 11 is 0. The fourth-order valence-electron chi connectivity index (χ4n) is 2.26. The molecule has 28 heavy (non-hydrogen) atoms. The first-order valence-electron chi connectivity index (χ1n) is 8.18. The van der Waals surface area contributed by atoms with Gasteiger partial charge in [0.1, 0.15) is 0 Å². The smallest absolute Gasteiger partial charge is 0.323 e. The van der Waals surface area contributed by atoms with Crippen LogP contribution in [0, 0.1) is 10.1 Å². The Kier molecular flexibility index (Phi) is 7.14. The van der Waals surface area contributed by atoms with Crippen molar-refractivity contribution in [3.05, 3.63) is 52.1 Å². The standard InChI is InChI=1S/C18H19N3O7/c1-3-27-14-6-4-5-7-15(14)28-11-16(23)20-19-10-12-8-9-13(22)18(26-2)17(12)21(24)25/h4-10,22H,3,11H2,1-2H3,(H,20,23)/b19-10+. The number of nitro benzene ring substituents is 1. The van der Waals surface area contributed by atoms with Gasteiger partial charge in [-0.15, -0.1) is 0 Å². The molecule has 0 aromatic heterocycles. The number of hydrazone groups is 1. The van der Waals surface area contributed by atoms with Gasteiger partial charge in [0.15, 0.2) is 23.9 Å². The van der Waals surface area contributed by atoms with Crippen molar-refractivity contribution >= 4 is 17.8 Å². The molecule has 2 aromatic carbocycles. The predicted molar refractivity (Wildman–Crippen MR) is 100 cm³/mol. The Bertz CT molecular complexity index is 883. The van der Waals surface area contributed by atoms with Gasteiger partial charge in [0.05, 0.1) is 30.4 Å². The van der Waals surface area contributed by atoms with E-state index < -0.39 is 16.5 Å². The molecule has 1 amide bonds. The summed E-state index contributed by atoms with van der Waals surface area (Å²) < 4.78 is 15.6. The molecule has 0 aliphatic carbocycles. The third-order valence-electron chi connectivity index (χ3n) is 3.43. The van der Waals surface area contributed by atoms with Crippen molar-refractivity contribution in [2.24, 2.45) is 5.10 Å². The first kappa shape index (κ1) is 20.5. The monoisotopic (exact) mass is 389 g/mol. The van der Waals surface area contributed by atoms with E-state index in [1.54, 1.807) is 24.3 Å². The van der Waals surface area contributed by atoms with Gasteiger partial charge in [-0.2, -0.15) is 5.10 Å². The second kappa shape index (κ2) is 9.76. The van der Waals surface area contributed by atoms with Crippen LogP contribution >= 0.6 is 0 Å². The number of methoxy groups -OCH3 is 1. The molecule has 10 nitrogen and oxygen atoms in total. The number of phenolic OH excluding ortho intramolecular Hbond substituents is 1. The molecule has 10 heteroatoms. The zero-order valence-corrected chi connectivity index (χ0v) is 15.2. The molecule has 0 atom stereocenters. The number of rotatable bonds is 9. The second-order valence-electron chi connectivity index (χ2n) is 5.27. The number of aromatic hydroxyl groups is 1. The zero-order chi connectivity index (χ0) is 20.5. The summed E-state index contributed by atoms with van der Waals surface area (Å²) in [7, 11) is 1.20. The number of carbonyl (C=O) groups is 1. The Balaban J connectivity index is 2.02. The molecule has 2 aromatic rings. The Labute approximate surface area is 160 Å². The maximum absolute atomic E-state index is 11.9. The van der Waals surface area contributed by atoms with Crippen LogP contribution in [0.1, 0.15) is 12.5 Å². The number of para-hydroxylation sites is 2. The minimum absolute atomic E-state index is 0.0440. The van der Waals surface area contributed by atoms with Crippen molar-refractivity contribution in [1.29, 1.82) is 0 Å². The Morgan fingerprint density at radius 1 is 1.25 bits per heavy atom. The van der Waals surface area contributed by atoms with Crippen LogP contribution in [0.3, 0.4) is 0 Å². The van der Waals surface area contributed by atoms with Crippen LogP contribution in [-0.4, -0.2) is 42.5 Å². The lowest BCUT2D eigenvalue weighted by atomic mass is 10.1. The molecular weight excluding hydrogens is 370 g/mol. The van der Waals surface area contributed by atoms with Crippen LogP contribution in [0.2, 0.25) is 0 Å². The van der Waals surface area contributed by atoms with Gasteiger partial charge in [-0.25, -0.2) is 5.43 Å². The van der Waals surface area contributed by atoms with E-state index in [1.807, 2.05) is 6.92 Å². The molecule has 148 valence electrons. The average molecular weight is 389 g/mol. The van der Waals surface area contributed by atoms with Crippen LogP contribution in [0.5, 0.6) is 23.0 Å². The number of ether oxygens (including phenoxy) is 3. The first-order chi connectivity index (χ1) is 13.5. The van der Waals surface area contributed by atoms with Gasteiger partial charge in [-0.1, -0.05) is 12.1 Å². The van der Waals surface area contributed by atoms with Gasteiger partial charge in [0.2, 0.25) is 5.75 Å². The minimum Gasteiger partial charge on any atom is -0.504 e. The van der Waals surface area contributed by atoms with E-state index in [9.17, 15) is 20.0 Å². The maximum atomic E-state index is 11.9.